The maximum Gasteiger partial charge on any atom is 0.390 e. The summed E-state index contributed by atoms with van der Waals surface area (Å²) in [5.74, 6) is 0. The van der Waals surface area contributed by atoms with Crippen LogP contribution in [-0.2, 0) is 0 Å². The van der Waals surface area contributed by atoms with Crippen LogP contribution in [0.2, 0.25) is 0 Å². The summed E-state index contributed by atoms with van der Waals surface area (Å²) in [6.07, 6.45) is -4.74. The van der Waals surface area contributed by atoms with Gasteiger partial charge in [0.1, 0.15) is 0 Å². The van der Waals surface area contributed by atoms with Gasteiger partial charge < -0.3 is 10.6 Å². The average Bonchev–Trinajstić information content (AvgIpc) is 2.16. The van der Waals surface area contributed by atoms with E-state index in [1.807, 2.05) is 4.90 Å². The van der Waals surface area contributed by atoms with Gasteiger partial charge in [0, 0.05) is 45.8 Å². The van der Waals surface area contributed by atoms with Crippen LogP contribution in [0.1, 0.15) is 6.42 Å². The fraction of sp³-hybridized carbons (Fsp3) is 1.00. The Labute approximate surface area is 88.0 Å². The Morgan fingerprint density at radius 2 is 1.40 bits per heavy atom. The second-order valence-electron chi connectivity index (χ2n) is 3.84. The molecule has 1 aliphatic heterocycles. The van der Waals surface area contributed by atoms with Gasteiger partial charge in [-0.25, -0.2) is 0 Å². The quantitative estimate of drug-likeness (QED) is 0.757. The Morgan fingerprint density at radius 1 is 0.933 bits per heavy atom. The van der Waals surface area contributed by atoms with E-state index >= 15 is 0 Å². The van der Waals surface area contributed by atoms with Gasteiger partial charge in [-0.3, -0.25) is 4.90 Å². The second-order valence-corrected chi connectivity index (χ2v) is 3.84. The predicted octanol–water partition coefficient (Wildman–Crippen LogP) is 0.515. The SMILES string of the molecule is NCCN1CCN(CCC(F)(F)F)CC1. The summed E-state index contributed by atoms with van der Waals surface area (Å²) in [7, 11) is 0. The van der Waals surface area contributed by atoms with Gasteiger partial charge in [0.15, 0.2) is 0 Å². The molecule has 0 spiro atoms. The van der Waals surface area contributed by atoms with Crippen LogP contribution in [0.4, 0.5) is 13.2 Å². The lowest BCUT2D eigenvalue weighted by molar-refractivity contribution is -0.138. The van der Waals surface area contributed by atoms with Crippen LogP contribution in [0.15, 0.2) is 0 Å². The minimum Gasteiger partial charge on any atom is -0.329 e. The maximum absolute atomic E-state index is 12.0. The minimum absolute atomic E-state index is 0.125. The lowest BCUT2D eigenvalue weighted by atomic mass is 10.3. The van der Waals surface area contributed by atoms with Crippen LogP contribution in [-0.4, -0.2) is 61.8 Å². The summed E-state index contributed by atoms with van der Waals surface area (Å²) in [4.78, 5) is 4.05. The van der Waals surface area contributed by atoms with Crippen molar-refractivity contribution in [3.8, 4) is 0 Å². The number of nitrogens with zero attached hydrogens (tertiary/aromatic N) is 2. The summed E-state index contributed by atoms with van der Waals surface area (Å²) in [6, 6.07) is 0. The van der Waals surface area contributed by atoms with Crippen molar-refractivity contribution in [2.75, 3.05) is 45.8 Å². The Hall–Kier alpha value is -0.330. The highest BCUT2D eigenvalue weighted by molar-refractivity contribution is 4.72. The average molecular weight is 225 g/mol. The molecule has 1 heterocycles. The van der Waals surface area contributed by atoms with E-state index in [4.69, 9.17) is 5.73 Å². The van der Waals surface area contributed by atoms with Crippen molar-refractivity contribution in [2.45, 2.75) is 12.6 Å². The normalized spacial score (nSPS) is 20.8. The molecule has 0 aliphatic carbocycles. The van der Waals surface area contributed by atoms with Crippen molar-refractivity contribution in [2.24, 2.45) is 5.73 Å². The van der Waals surface area contributed by atoms with Crippen LogP contribution in [0.5, 0.6) is 0 Å². The predicted molar refractivity (Wildman–Crippen MR) is 52.6 cm³/mol. The first-order valence-corrected chi connectivity index (χ1v) is 5.23. The highest BCUT2D eigenvalue weighted by Gasteiger charge is 2.28. The van der Waals surface area contributed by atoms with E-state index < -0.39 is 12.6 Å². The molecule has 1 aliphatic rings. The van der Waals surface area contributed by atoms with Gasteiger partial charge in [0.25, 0.3) is 0 Å². The van der Waals surface area contributed by atoms with E-state index in [0.717, 1.165) is 32.7 Å². The number of hydrogen-bond donors (Lipinski definition) is 1. The Balaban J connectivity index is 2.15. The molecule has 0 bridgehead atoms. The van der Waals surface area contributed by atoms with E-state index in [0.29, 0.717) is 6.54 Å². The van der Waals surface area contributed by atoms with Gasteiger partial charge >= 0.3 is 6.18 Å². The van der Waals surface area contributed by atoms with Crippen LogP contribution in [0.3, 0.4) is 0 Å². The summed E-state index contributed by atoms with van der Waals surface area (Å²) >= 11 is 0. The maximum atomic E-state index is 12.0. The summed E-state index contributed by atoms with van der Waals surface area (Å²) in [5, 5.41) is 0. The van der Waals surface area contributed by atoms with Gasteiger partial charge in [-0.05, 0) is 0 Å². The molecule has 1 saturated heterocycles. The van der Waals surface area contributed by atoms with Crippen molar-refractivity contribution in [1.29, 1.82) is 0 Å². The number of rotatable bonds is 4. The van der Waals surface area contributed by atoms with Crippen molar-refractivity contribution in [3.63, 3.8) is 0 Å². The van der Waals surface area contributed by atoms with Crippen LogP contribution in [0.25, 0.3) is 0 Å². The molecule has 0 unspecified atom stereocenters. The third-order valence-corrected chi connectivity index (χ3v) is 2.62. The van der Waals surface area contributed by atoms with Crippen LogP contribution >= 0.6 is 0 Å². The highest BCUT2D eigenvalue weighted by atomic mass is 19.4. The first-order chi connectivity index (χ1) is 7.01. The number of piperazine rings is 1. The molecular weight excluding hydrogens is 207 g/mol. The molecule has 1 fully saturated rings. The molecular formula is C9H18F3N3. The molecule has 0 aromatic heterocycles. The third kappa shape index (κ3) is 5.34. The van der Waals surface area contributed by atoms with Crippen molar-refractivity contribution in [1.82, 2.24) is 9.80 Å². The van der Waals surface area contributed by atoms with E-state index in [2.05, 4.69) is 4.90 Å². The molecule has 2 N–H and O–H groups in total. The molecule has 90 valence electrons. The number of halogens is 3. The standard InChI is InChI=1S/C9H18F3N3/c10-9(11,12)1-3-14-5-7-15(4-2-13)8-6-14/h1-8,13H2. The topological polar surface area (TPSA) is 32.5 Å². The largest absolute Gasteiger partial charge is 0.390 e. The molecule has 6 heteroatoms. The van der Waals surface area contributed by atoms with E-state index in [-0.39, 0.29) is 6.54 Å². The van der Waals surface area contributed by atoms with Gasteiger partial charge in [0.05, 0.1) is 6.42 Å². The lowest BCUT2D eigenvalue weighted by Gasteiger charge is -2.34. The monoisotopic (exact) mass is 225 g/mol. The number of nitrogens with two attached hydrogens (primary N) is 1. The van der Waals surface area contributed by atoms with Gasteiger partial charge in [-0.1, -0.05) is 0 Å². The zero-order valence-corrected chi connectivity index (χ0v) is 8.76. The van der Waals surface area contributed by atoms with Gasteiger partial charge in [-0.15, -0.1) is 0 Å². The first kappa shape index (κ1) is 12.7. The van der Waals surface area contributed by atoms with Crippen LogP contribution in [0, 0.1) is 0 Å². The van der Waals surface area contributed by atoms with Gasteiger partial charge in [0.2, 0.25) is 0 Å². The Kier molecular flexibility index (Phi) is 4.82. The molecule has 0 aromatic carbocycles. The molecule has 0 aromatic rings. The van der Waals surface area contributed by atoms with Crippen molar-refractivity contribution >= 4 is 0 Å². The highest BCUT2D eigenvalue weighted by Crippen LogP contribution is 2.20. The Morgan fingerprint density at radius 3 is 1.80 bits per heavy atom. The fourth-order valence-electron chi connectivity index (χ4n) is 1.70. The minimum atomic E-state index is -4.03. The van der Waals surface area contributed by atoms with Crippen molar-refractivity contribution in [3.05, 3.63) is 0 Å². The van der Waals surface area contributed by atoms with Gasteiger partial charge in [-0.2, -0.15) is 13.2 Å². The fourth-order valence-corrected chi connectivity index (χ4v) is 1.70. The molecule has 0 amide bonds. The zero-order valence-electron chi connectivity index (χ0n) is 8.76. The van der Waals surface area contributed by atoms with E-state index in [1.54, 1.807) is 0 Å². The molecule has 0 atom stereocenters. The summed E-state index contributed by atoms with van der Waals surface area (Å²) in [5.41, 5.74) is 5.41. The number of hydrogen-bond acceptors (Lipinski definition) is 3. The van der Waals surface area contributed by atoms with E-state index in [1.165, 1.54) is 0 Å². The second kappa shape index (κ2) is 5.67. The molecule has 15 heavy (non-hydrogen) atoms. The molecule has 0 saturated carbocycles. The third-order valence-electron chi connectivity index (χ3n) is 2.62. The summed E-state index contributed by atoms with van der Waals surface area (Å²) < 4.78 is 35.9. The smallest absolute Gasteiger partial charge is 0.329 e. The lowest BCUT2D eigenvalue weighted by Crippen LogP contribution is -2.48. The zero-order chi connectivity index (χ0) is 11.3. The van der Waals surface area contributed by atoms with E-state index in [9.17, 15) is 13.2 Å². The molecule has 1 rings (SSSR count). The van der Waals surface area contributed by atoms with Crippen molar-refractivity contribution < 1.29 is 13.2 Å². The Bertz CT molecular complexity index is 176. The summed E-state index contributed by atoms with van der Waals surface area (Å²) in [6.45, 7) is 4.67. The molecule has 0 radical (unpaired) electrons. The first-order valence-electron chi connectivity index (χ1n) is 5.23. The number of alkyl halides is 3. The van der Waals surface area contributed by atoms with Crippen LogP contribution < -0.4 is 5.73 Å². The molecule has 3 nitrogen and oxygen atoms in total.